The molecule has 3 saturated heterocycles. The van der Waals surface area contributed by atoms with E-state index in [9.17, 15) is 24.0 Å². The van der Waals surface area contributed by atoms with Crippen molar-refractivity contribution in [2.75, 3.05) is 56.3 Å². The van der Waals surface area contributed by atoms with Gasteiger partial charge in [0.05, 0.1) is 43.5 Å². The Morgan fingerprint density at radius 3 is 1.81 bits per heavy atom. The molecule has 0 amide bonds. The number of rotatable bonds is 17. The number of ketones is 1. The summed E-state index contributed by atoms with van der Waals surface area (Å²) < 4.78 is 78.9. The van der Waals surface area contributed by atoms with E-state index in [2.05, 4.69) is 6.92 Å². The number of hydrogen-bond donors (Lipinski definition) is 0. The number of ether oxygens (including phenoxy) is 13. The maximum Gasteiger partial charge on any atom is 0.308 e. The fourth-order valence-corrected chi connectivity index (χ4v) is 10.1. The number of cyclic esters (lactones) is 1. The highest BCUT2D eigenvalue weighted by Crippen LogP contribution is 2.38. The highest BCUT2D eigenvalue weighted by Gasteiger charge is 2.52. The van der Waals surface area contributed by atoms with Gasteiger partial charge in [0.25, 0.3) is 0 Å². The van der Waals surface area contributed by atoms with Gasteiger partial charge >= 0.3 is 23.9 Å². The molecule has 0 aliphatic carbocycles. The van der Waals surface area contributed by atoms with E-state index in [1.54, 1.807) is 32.8 Å². The van der Waals surface area contributed by atoms with E-state index in [4.69, 9.17) is 61.6 Å². The number of likely N-dealkylation sites (N-methyl/N-ethyl adjacent to an activating group) is 1. The van der Waals surface area contributed by atoms with Crippen molar-refractivity contribution in [2.24, 2.45) is 29.6 Å². The van der Waals surface area contributed by atoms with Crippen LogP contribution in [-0.2, 0) is 85.6 Å². The Hall–Kier alpha value is -2.85. The van der Waals surface area contributed by atoms with Gasteiger partial charge in [0.2, 0.25) is 0 Å². The minimum absolute atomic E-state index is 0.0176. The first-order chi connectivity index (χ1) is 31.6. The number of esters is 4. The van der Waals surface area contributed by atoms with Crippen molar-refractivity contribution in [3.8, 4) is 0 Å². The molecule has 388 valence electrons. The van der Waals surface area contributed by atoms with E-state index in [0.717, 1.165) is 0 Å². The molecular weight excluding hydrogens is 879 g/mol. The average Bonchev–Trinajstić information content (AvgIpc) is 3.26. The van der Waals surface area contributed by atoms with Crippen LogP contribution < -0.4 is 0 Å². The Morgan fingerprint density at radius 1 is 0.701 bits per heavy atom. The van der Waals surface area contributed by atoms with E-state index >= 15 is 0 Å². The lowest BCUT2D eigenvalue weighted by molar-refractivity contribution is -0.309. The normalized spacial score (nSPS) is 37.5. The molecule has 18 atom stereocenters. The highest BCUT2D eigenvalue weighted by molar-refractivity contribution is 5.80. The monoisotopic (exact) mass is 962 g/mol. The summed E-state index contributed by atoms with van der Waals surface area (Å²) in [4.78, 5) is 67.3. The standard InChI is InChI=1S/C48H83NO18/c1-17-36-34(24-60-47-46(59-16)45(58-15)43(29(6)61-47)64-31(8)51)20-25(2)18-19-35(53)26(3)21-33(22-39(56-13)57-14)41(27(4)37(55-12)23-38(54)66-36)67-48-44(65-32(9)52)40(49(10)11)42(28(5)62-48)63-30(7)50/h25-29,33-34,36-37,39-48H,17-24H2,1-16H3. The van der Waals surface area contributed by atoms with E-state index in [-0.39, 0.29) is 37.1 Å². The number of methoxy groups -OCH3 is 5. The molecule has 18 unspecified atom stereocenters. The lowest BCUT2D eigenvalue weighted by atomic mass is 9.78. The molecule has 3 aliphatic rings. The van der Waals surface area contributed by atoms with Crippen LogP contribution in [0.25, 0.3) is 0 Å². The third-order valence-electron chi connectivity index (χ3n) is 13.6. The fraction of sp³-hybridized carbons (Fsp3) is 0.896. The molecule has 0 N–H and O–H groups in total. The molecule has 0 aromatic carbocycles. The molecular formula is C48H83NO18. The maximum atomic E-state index is 14.2. The van der Waals surface area contributed by atoms with Crippen LogP contribution >= 0.6 is 0 Å². The molecule has 3 rings (SSSR count). The summed E-state index contributed by atoms with van der Waals surface area (Å²) in [6.45, 7) is 15.3. The first-order valence-electron chi connectivity index (χ1n) is 23.8. The van der Waals surface area contributed by atoms with Gasteiger partial charge in [-0.25, -0.2) is 0 Å². The van der Waals surface area contributed by atoms with Crippen molar-refractivity contribution < 1.29 is 85.6 Å². The smallest absolute Gasteiger partial charge is 0.308 e. The van der Waals surface area contributed by atoms with Gasteiger partial charge < -0.3 is 61.6 Å². The zero-order valence-electron chi connectivity index (χ0n) is 42.9. The second-order valence-electron chi connectivity index (χ2n) is 18.8. The zero-order valence-corrected chi connectivity index (χ0v) is 42.9. The van der Waals surface area contributed by atoms with Gasteiger partial charge in [0.15, 0.2) is 31.1 Å². The largest absolute Gasteiger partial charge is 0.462 e. The second kappa shape index (κ2) is 28.1. The van der Waals surface area contributed by atoms with Crippen molar-refractivity contribution in [3.05, 3.63) is 0 Å². The lowest BCUT2D eigenvalue weighted by Gasteiger charge is -2.48. The van der Waals surface area contributed by atoms with Gasteiger partial charge in [-0.2, -0.15) is 0 Å². The summed E-state index contributed by atoms with van der Waals surface area (Å²) in [6.07, 6.45) is -8.00. The summed E-state index contributed by atoms with van der Waals surface area (Å²) in [5.41, 5.74) is 0. The number of hydrogen-bond acceptors (Lipinski definition) is 19. The molecule has 19 nitrogen and oxygen atoms in total. The topological polar surface area (TPSA) is 209 Å². The predicted octanol–water partition coefficient (Wildman–Crippen LogP) is 4.65. The average molecular weight is 962 g/mol. The molecule has 0 radical (unpaired) electrons. The van der Waals surface area contributed by atoms with Gasteiger partial charge in [-0.15, -0.1) is 0 Å². The van der Waals surface area contributed by atoms with Crippen LogP contribution in [0.15, 0.2) is 0 Å². The van der Waals surface area contributed by atoms with Gasteiger partial charge in [-0.1, -0.05) is 27.7 Å². The van der Waals surface area contributed by atoms with Crippen LogP contribution in [0, 0.1) is 29.6 Å². The minimum Gasteiger partial charge on any atom is -0.462 e. The van der Waals surface area contributed by atoms with Crippen molar-refractivity contribution in [1.29, 1.82) is 0 Å². The van der Waals surface area contributed by atoms with E-state index in [1.165, 1.54) is 56.3 Å². The number of carbonyl (C=O) groups is 5. The van der Waals surface area contributed by atoms with E-state index in [0.29, 0.717) is 32.1 Å². The second-order valence-corrected chi connectivity index (χ2v) is 18.8. The van der Waals surface area contributed by atoms with Crippen LogP contribution in [0.1, 0.15) is 107 Å². The van der Waals surface area contributed by atoms with Gasteiger partial charge in [-0.3, -0.25) is 28.9 Å². The summed E-state index contributed by atoms with van der Waals surface area (Å²) in [6, 6.07) is -0.682. The third-order valence-corrected chi connectivity index (χ3v) is 13.6. The Bertz CT molecular complexity index is 1550. The van der Waals surface area contributed by atoms with Gasteiger partial charge in [0.1, 0.15) is 30.2 Å². The molecule has 19 heteroatoms. The van der Waals surface area contributed by atoms with Crippen molar-refractivity contribution in [1.82, 2.24) is 4.90 Å². The van der Waals surface area contributed by atoms with Crippen LogP contribution in [0.3, 0.4) is 0 Å². The summed E-state index contributed by atoms with van der Waals surface area (Å²) in [5.74, 6) is -3.82. The maximum absolute atomic E-state index is 14.2. The van der Waals surface area contributed by atoms with Gasteiger partial charge in [-0.05, 0) is 65.5 Å². The molecule has 0 aromatic rings. The van der Waals surface area contributed by atoms with E-state index in [1.807, 2.05) is 20.8 Å². The molecule has 3 heterocycles. The predicted molar refractivity (Wildman–Crippen MR) is 241 cm³/mol. The van der Waals surface area contributed by atoms with E-state index < -0.39 is 128 Å². The number of Topliss-reactive ketones (excluding diaryl/α,β-unsaturated/α-hetero) is 1. The molecule has 0 bridgehead atoms. The Kier molecular flexibility index (Phi) is 24.5. The zero-order chi connectivity index (χ0) is 50.3. The number of carbonyl (C=O) groups excluding carboxylic acids is 5. The highest BCUT2D eigenvalue weighted by atomic mass is 16.7. The molecule has 3 fully saturated rings. The third kappa shape index (κ3) is 16.6. The van der Waals surface area contributed by atoms with Crippen molar-refractivity contribution in [2.45, 2.75) is 193 Å². The summed E-state index contributed by atoms with van der Waals surface area (Å²) in [5, 5.41) is 0. The van der Waals surface area contributed by atoms with Crippen molar-refractivity contribution in [3.63, 3.8) is 0 Å². The van der Waals surface area contributed by atoms with Crippen molar-refractivity contribution >= 4 is 29.7 Å². The van der Waals surface area contributed by atoms with Crippen LogP contribution in [-0.4, -0.2) is 177 Å². The Balaban J connectivity index is 2.07. The SMILES string of the molecule is CCC1OC(=O)CC(OC)C(C)C(OC2OC(C)C(OC(C)=O)C(N(C)C)C2OC(C)=O)C(CC(OC)OC)CC(C)C(=O)CCC(C)CC1COC1OC(C)C(OC(C)=O)C(OC)C1OC. The van der Waals surface area contributed by atoms with Crippen LogP contribution in [0.5, 0.6) is 0 Å². The lowest BCUT2D eigenvalue weighted by Crippen LogP contribution is -2.65. The number of nitrogens with zero attached hydrogens (tertiary/aromatic N) is 1. The fourth-order valence-electron chi connectivity index (χ4n) is 10.1. The Morgan fingerprint density at radius 2 is 1.27 bits per heavy atom. The van der Waals surface area contributed by atoms with Crippen LogP contribution in [0.4, 0.5) is 0 Å². The minimum atomic E-state index is -1.19. The molecule has 0 saturated carbocycles. The van der Waals surface area contributed by atoms with Crippen LogP contribution in [0.2, 0.25) is 0 Å². The summed E-state index contributed by atoms with van der Waals surface area (Å²) >= 11 is 0. The first-order valence-corrected chi connectivity index (χ1v) is 23.8. The Labute approximate surface area is 398 Å². The molecule has 0 aromatic heterocycles. The first kappa shape index (κ1) is 58.5. The molecule has 0 spiro atoms. The summed E-state index contributed by atoms with van der Waals surface area (Å²) in [7, 11) is 11.2. The molecule has 3 aliphatic heterocycles. The quantitative estimate of drug-likeness (QED) is 0.110. The molecule has 67 heavy (non-hydrogen) atoms. The van der Waals surface area contributed by atoms with Gasteiger partial charge in [0, 0.05) is 86.9 Å².